The van der Waals surface area contributed by atoms with E-state index in [9.17, 15) is 19.8 Å². The Hall–Kier alpha value is -2.51. The molecule has 1 atom stereocenters. The number of pyridine rings is 1. The molecular formula is C16H15Cl2N3O4. The van der Waals surface area contributed by atoms with Gasteiger partial charge in [-0.15, -0.1) is 0 Å². The summed E-state index contributed by atoms with van der Waals surface area (Å²) in [5, 5.41) is 23.9. The number of carbonyl (C=O) groups is 2. The van der Waals surface area contributed by atoms with Crippen LogP contribution in [0.1, 0.15) is 12.5 Å². The SMILES string of the molecule is CC(Cc1ccc(O)cc1)(NC(=O)Nc1cc(Cl)nc(Cl)c1)C(=O)O. The number of aliphatic carboxylic acids is 1. The average molecular weight is 384 g/mol. The lowest BCUT2D eigenvalue weighted by Crippen LogP contribution is -2.55. The van der Waals surface area contributed by atoms with Crippen LogP contribution in [0.5, 0.6) is 5.75 Å². The standard InChI is InChI=1S/C16H15Cl2N3O4/c1-16(14(23)24,8-9-2-4-11(22)5-3-9)21-15(25)19-10-6-12(17)20-13(18)7-10/h2-7,22H,8H2,1H3,(H,23,24)(H2,19,20,21,25). The molecule has 1 aromatic carbocycles. The minimum absolute atomic E-state index is 0.0217. The van der Waals surface area contributed by atoms with Crippen LogP contribution in [0.2, 0.25) is 10.3 Å². The molecule has 2 rings (SSSR count). The van der Waals surface area contributed by atoms with Gasteiger partial charge in [0.2, 0.25) is 0 Å². The van der Waals surface area contributed by atoms with Gasteiger partial charge in [0.05, 0.1) is 0 Å². The molecule has 7 nitrogen and oxygen atoms in total. The fraction of sp³-hybridized carbons (Fsp3) is 0.188. The van der Waals surface area contributed by atoms with Crippen molar-refractivity contribution in [3.63, 3.8) is 0 Å². The van der Waals surface area contributed by atoms with Crippen molar-refractivity contribution in [3.05, 3.63) is 52.3 Å². The largest absolute Gasteiger partial charge is 0.508 e. The van der Waals surface area contributed by atoms with E-state index in [2.05, 4.69) is 15.6 Å². The van der Waals surface area contributed by atoms with Gasteiger partial charge in [-0.25, -0.2) is 14.6 Å². The highest BCUT2D eigenvalue weighted by molar-refractivity contribution is 6.33. The van der Waals surface area contributed by atoms with Crippen LogP contribution in [0.3, 0.4) is 0 Å². The van der Waals surface area contributed by atoms with Crippen molar-refractivity contribution in [2.24, 2.45) is 0 Å². The van der Waals surface area contributed by atoms with E-state index in [0.717, 1.165) is 0 Å². The molecule has 0 fully saturated rings. The topological polar surface area (TPSA) is 112 Å². The maximum Gasteiger partial charge on any atom is 0.329 e. The van der Waals surface area contributed by atoms with Gasteiger partial charge >= 0.3 is 12.0 Å². The number of nitrogens with zero attached hydrogens (tertiary/aromatic N) is 1. The predicted molar refractivity (Wildman–Crippen MR) is 94.3 cm³/mol. The molecule has 0 spiro atoms. The lowest BCUT2D eigenvalue weighted by Gasteiger charge is -2.26. The molecule has 0 aliphatic heterocycles. The molecule has 0 saturated carbocycles. The summed E-state index contributed by atoms with van der Waals surface area (Å²) in [7, 11) is 0. The maximum atomic E-state index is 12.2. The molecule has 4 N–H and O–H groups in total. The molecular weight excluding hydrogens is 369 g/mol. The molecule has 1 unspecified atom stereocenters. The fourth-order valence-electron chi connectivity index (χ4n) is 2.15. The number of rotatable bonds is 5. The molecule has 1 aromatic heterocycles. The van der Waals surface area contributed by atoms with Crippen molar-refractivity contribution < 1.29 is 19.8 Å². The normalized spacial score (nSPS) is 12.9. The van der Waals surface area contributed by atoms with Gasteiger partial charge in [0.15, 0.2) is 0 Å². The number of aromatic nitrogens is 1. The highest BCUT2D eigenvalue weighted by atomic mass is 35.5. The lowest BCUT2D eigenvalue weighted by molar-refractivity contribution is -0.143. The smallest absolute Gasteiger partial charge is 0.329 e. The van der Waals surface area contributed by atoms with Gasteiger partial charge in [-0.05, 0) is 36.8 Å². The first kappa shape index (κ1) is 18.8. The Bertz CT molecular complexity index is 778. The van der Waals surface area contributed by atoms with Crippen molar-refractivity contribution in [1.82, 2.24) is 10.3 Å². The van der Waals surface area contributed by atoms with E-state index >= 15 is 0 Å². The second-order valence-corrected chi connectivity index (χ2v) is 6.34. The Morgan fingerprint density at radius 3 is 2.24 bits per heavy atom. The molecule has 0 saturated heterocycles. The number of phenolic OH excluding ortho intramolecular Hbond substituents is 1. The quantitative estimate of drug-likeness (QED) is 0.591. The van der Waals surface area contributed by atoms with Crippen molar-refractivity contribution in [1.29, 1.82) is 0 Å². The number of halogens is 2. The molecule has 0 bridgehead atoms. The number of nitrogens with one attached hydrogen (secondary N) is 2. The summed E-state index contributed by atoms with van der Waals surface area (Å²) in [6, 6.07) is 8.08. The van der Waals surface area contributed by atoms with E-state index in [1.807, 2.05) is 0 Å². The van der Waals surface area contributed by atoms with Crippen molar-refractivity contribution >= 4 is 40.9 Å². The van der Waals surface area contributed by atoms with E-state index in [4.69, 9.17) is 23.2 Å². The number of amides is 2. The van der Waals surface area contributed by atoms with Crippen LogP contribution in [0.15, 0.2) is 36.4 Å². The van der Waals surface area contributed by atoms with E-state index in [1.54, 1.807) is 12.1 Å². The molecule has 0 aliphatic rings. The zero-order valence-corrected chi connectivity index (χ0v) is 14.6. The molecule has 0 radical (unpaired) electrons. The minimum Gasteiger partial charge on any atom is -0.508 e. The Morgan fingerprint density at radius 2 is 1.72 bits per heavy atom. The van der Waals surface area contributed by atoms with Crippen LogP contribution < -0.4 is 10.6 Å². The van der Waals surface area contributed by atoms with Gasteiger partial charge in [-0.3, -0.25) is 0 Å². The number of phenols is 1. The number of aromatic hydroxyl groups is 1. The average Bonchev–Trinajstić information content (AvgIpc) is 2.48. The third-order valence-electron chi connectivity index (χ3n) is 3.38. The van der Waals surface area contributed by atoms with Crippen LogP contribution in [0, 0.1) is 0 Å². The predicted octanol–water partition coefficient (Wildman–Crippen LogP) is 3.30. The molecule has 25 heavy (non-hydrogen) atoms. The summed E-state index contributed by atoms with van der Waals surface area (Å²) in [5.41, 5.74) is -0.653. The summed E-state index contributed by atoms with van der Waals surface area (Å²) in [6.07, 6.45) is 0.0217. The van der Waals surface area contributed by atoms with Crippen LogP contribution in [0.4, 0.5) is 10.5 Å². The number of hydrogen-bond acceptors (Lipinski definition) is 4. The Balaban J connectivity index is 2.12. The summed E-state index contributed by atoms with van der Waals surface area (Å²) in [5.74, 6) is -1.14. The van der Waals surface area contributed by atoms with E-state index < -0.39 is 17.5 Å². The number of carboxylic acids is 1. The Labute approximate surface area is 153 Å². The lowest BCUT2D eigenvalue weighted by atomic mass is 9.93. The van der Waals surface area contributed by atoms with Crippen LogP contribution in [0.25, 0.3) is 0 Å². The number of urea groups is 1. The third kappa shape index (κ3) is 5.23. The molecule has 0 aliphatic carbocycles. The van der Waals surface area contributed by atoms with Crippen LogP contribution in [-0.4, -0.2) is 32.7 Å². The Morgan fingerprint density at radius 1 is 1.16 bits per heavy atom. The number of carbonyl (C=O) groups excluding carboxylic acids is 1. The van der Waals surface area contributed by atoms with Gasteiger partial charge in [-0.1, -0.05) is 35.3 Å². The summed E-state index contributed by atoms with van der Waals surface area (Å²) >= 11 is 11.5. The van der Waals surface area contributed by atoms with Crippen LogP contribution >= 0.6 is 23.2 Å². The summed E-state index contributed by atoms with van der Waals surface area (Å²) < 4.78 is 0. The molecule has 1 heterocycles. The number of carboxylic acid groups (broad SMARTS) is 1. The second-order valence-electron chi connectivity index (χ2n) is 5.56. The van der Waals surface area contributed by atoms with Crippen molar-refractivity contribution in [2.75, 3.05) is 5.32 Å². The molecule has 2 aromatic rings. The highest BCUT2D eigenvalue weighted by Crippen LogP contribution is 2.20. The molecule has 132 valence electrons. The van der Waals surface area contributed by atoms with Gasteiger partial charge in [0.1, 0.15) is 21.6 Å². The first-order valence-electron chi connectivity index (χ1n) is 7.11. The fourth-order valence-corrected chi connectivity index (χ4v) is 2.61. The maximum absolute atomic E-state index is 12.2. The van der Waals surface area contributed by atoms with Gasteiger partial charge in [0.25, 0.3) is 0 Å². The first-order valence-corrected chi connectivity index (χ1v) is 7.87. The van der Waals surface area contributed by atoms with E-state index in [-0.39, 0.29) is 28.2 Å². The van der Waals surface area contributed by atoms with Gasteiger partial charge in [-0.2, -0.15) is 0 Å². The molecule has 2 amide bonds. The monoisotopic (exact) mass is 383 g/mol. The zero-order valence-electron chi connectivity index (χ0n) is 13.1. The number of benzene rings is 1. The highest BCUT2D eigenvalue weighted by Gasteiger charge is 2.35. The Kier molecular flexibility index (Phi) is 5.71. The summed E-state index contributed by atoms with van der Waals surface area (Å²) in [6.45, 7) is 1.38. The van der Waals surface area contributed by atoms with Crippen molar-refractivity contribution in [2.45, 2.75) is 18.9 Å². The van der Waals surface area contributed by atoms with Gasteiger partial charge < -0.3 is 20.8 Å². The number of anilines is 1. The van der Waals surface area contributed by atoms with Gasteiger partial charge in [0, 0.05) is 12.1 Å². The van der Waals surface area contributed by atoms with E-state index in [1.165, 1.54) is 31.2 Å². The van der Waals surface area contributed by atoms with Crippen LogP contribution in [-0.2, 0) is 11.2 Å². The minimum atomic E-state index is -1.57. The first-order chi connectivity index (χ1) is 11.7. The summed E-state index contributed by atoms with van der Waals surface area (Å²) in [4.78, 5) is 27.6. The second kappa shape index (κ2) is 7.58. The van der Waals surface area contributed by atoms with Crippen molar-refractivity contribution in [3.8, 4) is 5.75 Å². The third-order valence-corrected chi connectivity index (χ3v) is 3.76. The molecule has 9 heteroatoms. The zero-order chi connectivity index (χ0) is 18.6. The number of hydrogen-bond donors (Lipinski definition) is 4. The van der Waals surface area contributed by atoms with E-state index in [0.29, 0.717) is 5.56 Å².